The SMILES string of the molecule is O=c1oc(-c2ccccc2I)nc2ccccc12. The van der Waals surface area contributed by atoms with E-state index in [1.165, 1.54) is 0 Å². The van der Waals surface area contributed by atoms with Crippen LogP contribution in [0.5, 0.6) is 0 Å². The summed E-state index contributed by atoms with van der Waals surface area (Å²) in [4.78, 5) is 16.3. The van der Waals surface area contributed by atoms with Crippen LogP contribution in [0.3, 0.4) is 0 Å². The van der Waals surface area contributed by atoms with Gasteiger partial charge < -0.3 is 4.42 Å². The minimum atomic E-state index is -0.352. The van der Waals surface area contributed by atoms with Crippen molar-refractivity contribution in [1.82, 2.24) is 4.98 Å². The van der Waals surface area contributed by atoms with E-state index in [-0.39, 0.29) is 5.63 Å². The van der Waals surface area contributed by atoms with Crippen molar-refractivity contribution in [1.29, 1.82) is 0 Å². The van der Waals surface area contributed by atoms with E-state index < -0.39 is 0 Å². The monoisotopic (exact) mass is 349 g/mol. The average Bonchev–Trinajstić information content (AvgIpc) is 2.39. The molecule has 3 aromatic rings. The molecule has 0 atom stereocenters. The summed E-state index contributed by atoms with van der Waals surface area (Å²) in [6, 6.07) is 14.9. The molecule has 4 heteroatoms. The fraction of sp³-hybridized carbons (Fsp3) is 0. The maximum absolute atomic E-state index is 11.9. The predicted molar refractivity (Wildman–Crippen MR) is 78.4 cm³/mol. The van der Waals surface area contributed by atoms with Gasteiger partial charge >= 0.3 is 5.63 Å². The molecular formula is C14H8INO2. The van der Waals surface area contributed by atoms with E-state index in [0.29, 0.717) is 16.8 Å². The molecule has 0 unspecified atom stereocenters. The van der Waals surface area contributed by atoms with Crippen molar-refractivity contribution in [3.8, 4) is 11.5 Å². The molecule has 1 aromatic heterocycles. The molecule has 0 aliphatic heterocycles. The Morgan fingerprint density at radius 3 is 2.56 bits per heavy atom. The zero-order valence-electron chi connectivity index (χ0n) is 9.26. The number of aromatic nitrogens is 1. The van der Waals surface area contributed by atoms with E-state index in [9.17, 15) is 4.79 Å². The van der Waals surface area contributed by atoms with Crippen LogP contribution in [0.2, 0.25) is 0 Å². The maximum Gasteiger partial charge on any atom is 0.347 e. The van der Waals surface area contributed by atoms with Gasteiger partial charge in [0.25, 0.3) is 0 Å². The number of hydrogen-bond donors (Lipinski definition) is 0. The van der Waals surface area contributed by atoms with E-state index in [0.717, 1.165) is 9.13 Å². The highest BCUT2D eigenvalue weighted by molar-refractivity contribution is 14.1. The molecule has 0 fully saturated rings. The van der Waals surface area contributed by atoms with Gasteiger partial charge in [-0.1, -0.05) is 24.3 Å². The van der Waals surface area contributed by atoms with Crippen molar-refractivity contribution in [3.05, 3.63) is 62.5 Å². The molecule has 0 aliphatic carbocycles. The normalized spacial score (nSPS) is 10.7. The third-order valence-electron chi connectivity index (χ3n) is 2.64. The van der Waals surface area contributed by atoms with E-state index in [1.807, 2.05) is 36.4 Å². The lowest BCUT2D eigenvalue weighted by molar-refractivity contribution is 0.518. The summed E-state index contributed by atoms with van der Waals surface area (Å²) in [6.07, 6.45) is 0. The van der Waals surface area contributed by atoms with Crippen LogP contribution >= 0.6 is 22.6 Å². The Bertz CT molecular complexity index is 780. The molecule has 18 heavy (non-hydrogen) atoms. The standard InChI is InChI=1S/C14H8INO2/c15-11-7-3-1-5-9(11)13-16-12-8-4-2-6-10(12)14(17)18-13/h1-8H. The molecule has 0 spiro atoms. The molecule has 0 saturated carbocycles. The van der Waals surface area contributed by atoms with Gasteiger partial charge in [-0.15, -0.1) is 0 Å². The molecule has 0 bridgehead atoms. The molecule has 0 amide bonds. The van der Waals surface area contributed by atoms with Crippen LogP contribution in [-0.2, 0) is 0 Å². The number of benzene rings is 2. The number of halogens is 1. The third kappa shape index (κ3) is 1.92. The number of fused-ring (bicyclic) bond motifs is 1. The first-order valence-electron chi connectivity index (χ1n) is 5.40. The highest BCUT2D eigenvalue weighted by atomic mass is 127. The Morgan fingerprint density at radius 2 is 1.72 bits per heavy atom. The number of nitrogens with zero attached hydrogens (tertiary/aromatic N) is 1. The summed E-state index contributed by atoms with van der Waals surface area (Å²) in [5, 5.41) is 0.507. The highest BCUT2D eigenvalue weighted by Crippen LogP contribution is 2.23. The Labute approximate surface area is 117 Å². The van der Waals surface area contributed by atoms with Crippen molar-refractivity contribution in [2.45, 2.75) is 0 Å². The summed E-state index contributed by atoms with van der Waals surface area (Å²) < 4.78 is 6.29. The molecule has 0 radical (unpaired) electrons. The molecule has 0 N–H and O–H groups in total. The summed E-state index contributed by atoms with van der Waals surface area (Å²) in [5.41, 5.74) is 1.14. The largest absolute Gasteiger partial charge is 0.403 e. The Balaban J connectivity index is 2.32. The molecule has 2 aromatic carbocycles. The van der Waals surface area contributed by atoms with Crippen molar-refractivity contribution in [2.24, 2.45) is 0 Å². The molecule has 88 valence electrons. The van der Waals surface area contributed by atoms with Crippen LogP contribution in [0, 0.1) is 3.57 Å². The van der Waals surface area contributed by atoms with Gasteiger partial charge in [0.15, 0.2) is 0 Å². The van der Waals surface area contributed by atoms with Gasteiger partial charge in [0, 0.05) is 3.57 Å². The minimum Gasteiger partial charge on any atom is -0.403 e. The summed E-state index contributed by atoms with van der Waals surface area (Å²) in [7, 11) is 0. The topological polar surface area (TPSA) is 43.1 Å². The van der Waals surface area contributed by atoms with Crippen molar-refractivity contribution < 1.29 is 4.42 Å². The van der Waals surface area contributed by atoms with Gasteiger partial charge in [-0.05, 0) is 46.9 Å². The first-order chi connectivity index (χ1) is 8.75. The summed E-state index contributed by atoms with van der Waals surface area (Å²) in [6.45, 7) is 0. The van der Waals surface area contributed by atoms with E-state index in [1.54, 1.807) is 12.1 Å². The number of hydrogen-bond acceptors (Lipinski definition) is 3. The second kappa shape index (κ2) is 4.53. The minimum absolute atomic E-state index is 0.352. The fourth-order valence-corrected chi connectivity index (χ4v) is 2.39. The lowest BCUT2D eigenvalue weighted by Gasteiger charge is -2.03. The summed E-state index contributed by atoms with van der Waals surface area (Å²) in [5.74, 6) is 0.365. The first-order valence-corrected chi connectivity index (χ1v) is 6.48. The van der Waals surface area contributed by atoms with Crippen molar-refractivity contribution in [2.75, 3.05) is 0 Å². The Hall–Kier alpha value is -1.69. The quantitative estimate of drug-likeness (QED) is 0.632. The van der Waals surface area contributed by atoms with Gasteiger partial charge in [-0.25, -0.2) is 9.78 Å². The summed E-state index contributed by atoms with van der Waals surface area (Å²) >= 11 is 2.20. The lowest BCUT2D eigenvalue weighted by atomic mass is 10.2. The average molecular weight is 349 g/mol. The zero-order valence-corrected chi connectivity index (χ0v) is 11.4. The Kier molecular flexibility index (Phi) is 2.87. The van der Waals surface area contributed by atoms with Crippen LogP contribution < -0.4 is 5.63 Å². The van der Waals surface area contributed by atoms with Crippen LogP contribution in [0.15, 0.2) is 57.7 Å². The first kappa shape index (κ1) is 11.4. The van der Waals surface area contributed by atoms with Gasteiger partial charge in [0.2, 0.25) is 5.89 Å². The van der Waals surface area contributed by atoms with Crippen LogP contribution in [0.1, 0.15) is 0 Å². The Morgan fingerprint density at radius 1 is 1.00 bits per heavy atom. The molecular weight excluding hydrogens is 341 g/mol. The molecule has 3 nitrogen and oxygen atoms in total. The van der Waals surface area contributed by atoms with Crippen molar-refractivity contribution >= 4 is 33.5 Å². The molecule has 0 aliphatic rings. The number of para-hydroxylation sites is 1. The molecule has 0 saturated heterocycles. The van der Waals surface area contributed by atoms with Gasteiger partial charge in [0.1, 0.15) is 0 Å². The van der Waals surface area contributed by atoms with Crippen molar-refractivity contribution in [3.63, 3.8) is 0 Å². The smallest absolute Gasteiger partial charge is 0.347 e. The lowest BCUT2D eigenvalue weighted by Crippen LogP contribution is -2.03. The van der Waals surface area contributed by atoms with E-state index in [4.69, 9.17) is 4.42 Å². The molecule has 1 heterocycles. The van der Waals surface area contributed by atoms with Gasteiger partial charge in [-0.3, -0.25) is 0 Å². The zero-order chi connectivity index (χ0) is 12.5. The second-order valence-electron chi connectivity index (χ2n) is 3.80. The third-order valence-corrected chi connectivity index (χ3v) is 3.58. The van der Waals surface area contributed by atoms with Crippen LogP contribution in [0.4, 0.5) is 0 Å². The highest BCUT2D eigenvalue weighted by Gasteiger charge is 2.10. The fourth-order valence-electron chi connectivity index (χ4n) is 1.77. The predicted octanol–water partition coefficient (Wildman–Crippen LogP) is 3.46. The maximum atomic E-state index is 11.9. The second-order valence-corrected chi connectivity index (χ2v) is 4.97. The van der Waals surface area contributed by atoms with Crippen LogP contribution in [0.25, 0.3) is 22.4 Å². The van der Waals surface area contributed by atoms with Gasteiger partial charge in [-0.2, -0.15) is 0 Å². The van der Waals surface area contributed by atoms with Gasteiger partial charge in [0.05, 0.1) is 16.5 Å². The van der Waals surface area contributed by atoms with E-state index in [2.05, 4.69) is 27.6 Å². The molecule has 3 rings (SSSR count). The van der Waals surface area contributed by atoms with Crippen LogP contribution in [-0.4, -0.2) is 4.98 Å². The van der Waals surface area contributed by atoms with E-state index >= 15 is 0 Å². The number of rotatable bonds is 1.